The van der Waals surface area contributed by atoms with E-state index in [-0.39, 0.29) is 0 Å². The third-order valence-corrected chi connectivity index (χ3v) is 12.1. The molecule has 0 spiro atoms. The lowest BCUT2D eigenvalue weighted by molar-refractivity contribution is 1.17. The van der Waals surface area contributed by atoms with Crippen molar-refractivity contribution in [3.05, 3.63) is 242 Å². The summed E-state index contributed by atoms with van der Waals surface area (Å²) >= 11 is 0. The summed E-state index contributed by atoms with van der Waals surface area (Å²) in [6.07, 6.45) is 0. The highest BCUT2D eigenvalue weighted by Gasteiger charge is 2.16. The van der Waals surface area contributed by atoms with E-state index >= 15 is 0 Å². The minimum Gasteiger partial charge on any atom is -0.311 e. The first-order chi connectivity index (χ1) is 30.1. The summed E-state index contributed by atoms with van der Waals surface area (Å²) in [5, 5.41) is 5.04. The van der Waals surface area contributed by atoms with Gasteiger partial charge in [0.25, 0.3) is 0 Å². The molecule has 0 fully saturated rings. The van der Waals surface area contributed by atoms with Crippen LogP contribution in [0.1, 0.15) is 5.56 Å². The first kappa shape index (κ1) is 36.2. The molecule has 11 rings (SSSR count). The van der Waals surface area contributed by atoms with Gasteiger partial charge >= 0.3 is 0 Å². The fraction of sp³-hybridized carbons (Fsp3) is 0.0169. The predicted octanol–water partition coefficient (Wildman–Crippen LogP) is 16.4. The third kappa shape index (κ3) is 6.84. The van der Waals surface area contributed by atoms with Gasteiger partial charge in [0.15, 0.2) is 0 Å². The van der Waals surface area contributed by atoms with E-state index in [9.17, 15) is 0 Å². The van der Waals surface area contributed by atoms with Crippen molar-refractivity contribution in [2.45, 2.75) is 6.92 Å². The molecule has 10 aromatic carbocycles. The zero-order chi connectivity index (χ0) is 40.7. The molecule has 2 nitrogen and oxygen atoms in total. The number of nitrogens with zero attached hydrogens (tertiary/aromatic N) is 2. The number of benzene rings is 10. The Hall–Kier alpha value is -7.94. The maximum atomic E-state index is 2.37. The Kier molecular flexibility index (Phi) is 9.09. The van der Waals surface area contributed by atoms with Gasteiger partial charge in [-0.25, -0.2) is 0 Å². The van der Waals surface area contributed by atoms with Crippen molar-refractivity contribution in [3.63, 3.8) is 0 Å². The van der Waals surface area contributed by atoms with Crippen LogP contribution in [0.25, 0.3) is 82.8 Å². The fourth-order valence-corrected chi connectivity index (χ4v) is 8.83. The first-order valence-electron chi connectivity index (χ1n) is 21.0. The van der Waals surface area contributed by atoms with Gasteiger partial charge in [-0.1, -0.05) is 175 Å². The number of anilines is 3. The lowest BCUT2D eigenvalue weighted by Crippen LogP contribution is -2.10. The summed E-state index contributed by atoms with van der Waals surface area (Å²) in [5.41, 5.74) is 17.7. The van der Waals surface area contributed by atoms with Crippen LogP contribution >= 0.6 is 0 Å². The monoisotopic (exact) mass is 778 g/mol. The van der Waals surface area contributed by atoms with E-state index in [2.05, 4.69) is 253 Å². The van der Waals surface area contributed by atoms with Crippen molar-refractivity contribution in [2.24, 2.45) is 0 Å². The summed E-state index contributed by atoms with van der Waals surface area (Å²) in [6.45, 7) is 2.13. The van der Waals surface area contributed by atoms with Crippen molar-refractivity contribution in [2.75, 3.05) is 4.90 Å². The molecule has 0 bridgehead atoms. The number of rotatable bonds is 8. The summed E-state index contributed by atoms with van der Waals surface area (Å²) in [5.74, 6) is 0. The molecule has 0 radical (unpaired) electrons. The van der Waals surface area contributed by atoms with E-state index in [0.29, 0.717) is 0 Å². The molecule has 0 amide bonds. The Bertz CT molecular complexity index is 3250. The Morgan fingerprint density at radius 1 is 0.295 bits per heavy atom. The maximum absolute atomic E-state index is 2.37. The van der Waals surface area contributed by atoms with Gasteiger partial charge < -0.3 is 9.47 Å². The minimum atomic E-state index is 1.09. The van der Waals surface area contributed by atoms with E-state index < -0.39 is 0 Å². The second kappa shape index (κ2) is 15.3. The second-order valence-corrected chi connectivity index (χ2v) is 15.9. The maximum Gasteiger partial charge on any atom is 0.0541 e. The van der Waals surface area contributed by atoms with Crippen LogP contribution in [0.4, 0.5) is 17.1 Å². The van der Waals surface area contributed by atoms with Gasteiger partial charge in [0.1, 0.15) is 0 Å². The summed E-state index contributed by atoms with van der Waals surface area (Å²) in [6, 6.07) is 86.0. The molecule has 0 N–H and O–H groups in total. The molecular weight excluding hydrogens is 737 g/mol. The van der Waals surface area contributed by atoms with Gasteiger partial charge in [0.05, 0.1) is 11.0 Å². The van der Waals surface area contributed by atoms with E-state index in [0.717, 1.165) is 22.7 Å². The summed E-state index contributed by atoms with van der Waals surface area (Å²) in [4.78, 5) is 2.35. The van der Waals surface area contributed by atoms with Gasteiger partial charge in [0, 0.05) is 33.5 Å². The van der Waals surface area contributed by atoms with Crippen LogP contribution in [-0.2, 0) is 0 Å². The number of aryl methyl sites for hydroxylation is 1. The standard InChI is InChI=1S/C59H42N2/c1-41-14-16-43(17-15-41)44-18-20-45(21-19-44)47-28-32-52(33-29-47)60(54-36-38-55(39-37-54)61-58-12-6-4-10-56(58)57-11-5-7-13-59(57)61)53-34-30-48(31-35-53)46-22-24-49(25-23-46)51-27-26-42-8-2-3-9-50(42)40-51/h2-40H,1H3. The van der Waals surface area contributed by atoms with Crippen LogP contribution in [0, 0.1) is 6.92 Å². The van der Waals surface area contributed by atoms with E-state index in [1.165, 1.54) is 82.6 Å². The summed E-state index contributed by atoms with van der Waals surface area (Å²) in [7, 11) is 0. The minimum absolute atomic E-state index is 1.09. The van der Waals surface area contributed by atoms with Gasteiger partial charge in [-0.05, 0) is 129 Å². The molecule has 288 valence electrons. The topological polar surface area (TPSA) is 8.17 Å². The molecular formula is C59H42N2. The molecule has 0 aliphatic rings. The average Bonchev–Trinajstić information content (AvgIpc) is 3.67. The lowest BCUT2D eigenvalue weighted by atomic mass is 9.98. The van der Waals surface area contributed by atoms with Crippen LogP contribution in [0.2, 0.25) is 0 Å². The molecule has 1 heterocycles. The molecule has 0 unspecified atom stereocenters. The molecule has 0 saturated heterocycles. The highest BCUT2D eigenvalue weighted by Crippen LogP contribution is 2.39. The Morgan fingerprint density at radius 2 is 0.639 bits per heavy atom. The second-order valence-electron chi connectivity index (χ2n) is 15.9. The van der Waals surface area contributed by atoms with Gasteiger partial charge in [0.2, 0.25) is 0 Å². The molecule has 0 aliphatic carbocycles. The number of fused-ring (bicyclic) bond motifs is 4. The number of hydrogen-bond donors (Lipinski definition) is 0. The summed E-state index contributed by atoms with van der Waals surface area (Å²) < 4.78 is 2.37. The van der Waals surface area contributed by atoms with Crippen LogP contribution < -0.4 is 4.90 Å². The lowest BCUT2D eigenvalue weighted by Gasteiger charge is -2.26. The first-order valence-corrected chi connectivity index (χ1v) is 21.0. The van der Waals surface area contributed by atoms with Crippen molar-refractivity contribution in [1.82, 2.24) is 4.57 Å². The van der Waals surface area contributed by atoms with E-state index in [1.807, 2.05) is 0 Å². The molecule has 2 heteroatoms. The van der Waals surface area contributed by atoms with Crippen LogP contribution in [0.15, 0.2) is 237 Å². The van der Waals surface area contributed by atoms with Crippen molar-refractivity contribution < 1.29 is 0 Å². The highest BCUT2D eigenvalue weighted by atomic mass is 15.1. The normalized spacial score (nSPS) is 11.4. The van der Waals surface area contributed by atoms with Gasteiger partial charge in [-0.15, -0.1) is 0 Å². The van der Waals surface area contributed by atoms with Gasteiger partial charge in [-0.2, -0.15) is 0 Å². The quantitative estimate of drug-likeness (QED) is 0.149. The Morgan fingerprint density at radius 3 is 1.11 bits per heavy atom. The number of para-hydroxylation sites is 2. The number of hydrogen-bond acceptors (Lipinski definition) is 1. The van der Waals surface area contributed by atoms with Crippen LogP contribution in [0.5, 0.6) is 0 Å². The molecule has 0 saturated carbocycles. The molecule has 0 aliphatic heterocycles. The third-order valence-electron chi connectivity index (χ3n) is 12.1. The molecule has 0 atom stereocenters. The predicted molar refractivity (Wildman–Crippen MR) is 259 cm³/mol. The SMILES string of the molecule is Cc1ccc(-c2ccc(-c3ccc(N(c4ccc(-c5ccc(-c6ccc7ccccc7c6)cc5)cc4)c4ccc(-n5c6ccccc6c6ccccc65)cc4)cc3)cc2)cc1. The zero-order valence-corrected chi connectivity index (χ0v) is 33.9. The molecule has 61 heavy (non-hydrogen) atoms. The van der Waals surface area contributed by atoms with E-state index in [1.54, 1.807) is 0 Å². The molecule has 1 aromatic heterocycles. The smallest absolute Gasteiger partial charge is 0.0541 e. The van der Waals surface area contributed by atoms with Crippen molar-refractivity contribution >= 4 is 49.6 Å². The van der Waals surface area contributed by atoms with Crippen LogP contribution in [0.3, 0.4) is 0 Å². The molecule has 11 aromatic rings. The van der Waals surface area contributed by atoms with Gasteiger partial charge in [-0.3, -0.25) is 0 Å². The van der Waals surface area contributed by atoms with Crippen molar-refractivity contribution in [3.8, 4) is 50.2 Å². The van der Waals surface area contributed by atoms with E-state index in [4.69, 9.17) is 0 Å². The fourth-order valence-electron chi connectivity index (χ4n) is 8.83. The Balaban J connectivity index is 0.929. The van der Waals surface area contributed by atoms with Crippen molar-refractivity contribution in [1.29, 1.82) is 0 Å². The number of aromatic nitrogens is 1. The van der Waals surface area contributed by atoms with Crippen LogP contribution in [-0.4, -0.2) is 4.57 Å². The largest absolute Gasteiger partial charge is 0.311 e. The highest BCUT2D eigenvalue weighted by molar-refractivity contribution is 6.09. The zero-order valence-electron chi connectivity index (χ0n) is 33.9. The average molecular weight is 779 g/mol. The Labute approximate surface area is 356 Å².